The van der Waals surface area contributed by atoms with E-state index in [4.69, 9.17) is 4.74 Å². The second-order valence-corrected chi connectivity index (χ2v) is 24.6. The molecule has 0 aromatic rings. The number of ether oxygens (including phenoxy) is 1. The minimum Gasteiger partial charge on any atom is -0.466 e. The Labute approximate surface area is 488 Å². The standard InChI is InChI=1S/C72H139NO5/c1-3-5-7-9-11-13-15-17-18-19-20-21-22-26-29-32-35-38-41-44-48-52-56-60-64-70(75)69(68-74)73-71(76)65-61-57-53-49-45-42-39-36-33-30-27-24-23-25-28-31-34-37-40-43-47-51-55-59-63-67-78-72(77)66-62-58-54-50-46-16-14-12-10-8-6-4-2/h24,27,60,64,69-70,74-75H,3-23,25-26,28-59,61-63,65-68H2,1-2H3,(H,73,76)/b27-24-,64-60+. The SMILES string of the molecule is CCCCCCCCCCCCCCCCCCCCCCCC/C=C/C(O)C(CO)NC(=O)CCCCCCCCCCC/C=C\CCCCCCCCCCCCCCOC(=O)CCCCCCCCCCCCCC. The highest BCUT2D eigenvalue weighted by Gasteiger charge is 2.18. The predicted molar refractivity (Wildman–Crippen MR) is 343 cm³/mol. The predicted octanol–water partition coefficient (Wildman–Crippen LogP) is 22.9. The van der Waals surface area contributed by atoms with Crippen LogP contribution in [-0.4, -0.2) is 47.4 Å². The summed E-state index contributed by atoms with van der Waals surface area (Å²) in [5, 5.41) is 23.3. The summed E-state index contributed by atoms with van der Waals surface area (Å²) in [7, 11) is 0. The topological polar surface area (TPSA) is 95.9 Å². The fraction of sp³-hybridized carbons (Fsp3) is 0.917. The van der Waals surface area contributed by atoms with Crippen molar-refractivity contribution in [2.75, 3.05) is 13.2 Å². The first-order chi connectivity index (χ1) is 38.5. The van der Waals surface area contributed by atoms with Crippen LogP contribution in [0.4, 0.5) is 0 Å². The zero-order valence-corrected chi connectivity index (χ0v) is 52.9. The van der Waals surface area contributed by atoms with Crippen LogP contribution in [0.1, 0.15) is 399 Å². The lowest BCUT2D eigenvalue weighted by molar-refractivity contribution is -0.143. The van der Waals surface area contributed by atoms with Gasteiger partial charge >= 0.3 is 5.97 Å². The number of esters is 1. The van der Waals surface area contributed by atoms with Crippen molar-refractivity contribution < 1.29 is 24.5 Å². The normalized spacial score (nSPS) is 12.6. The number of aliphatic hydroxyl groups is 2. The van der Waals surface area contributed by atoms with E-state index < -0.39 is 12.1 Å². The van der Waals surface area contributed by atoms with Crippen LogP contribution in [0.2, 0.25) is 0 Å². The Morgan fingerprint density at radius 2 is 0.603 bits per heavy atom. The van der Waals surface area contributed by atoms with Gasteiger partial charge in [0.25, 0.3) is 0 Å². The average molecular weight is 1100 g/mol. The Kier molecular flexibility index (Phi) is 66.4. The molecule has 3 N–H and O–H groups in total. The maximum absolute atomic E-state index is 12.5. The van der Waals surface area contributed by atoms with Crippen LogP contribution in [0.3, 0.4) is 0 Å². The second kappa shape index (κ2) is 67.8. The van der Waals surface area contributed by atoms with Crippen molar-refractivity contribution in [2.45, 2.75) is 411 Å². The maximum atomic E-state index is 12.5. The van der Waals surface area contributed by atoms with Crippen LogP contribution in [0.5, 0.6) is 0 Å². The second-order valence-electron chi connectivity index (χ2n) is 24.6. The lowest BCUT2D eigenvalue weighted by Gasteiger charge is -2.20. The molecule has 0 bridgehead atoms. The summed E-state index contributed by atoms with van der Waals surface area (Å²) >= 11 is 0. The quantitative estimate of drug-likeness (QED) is 0.0320. The molecular formula is C72H139NO5. The van der Waals surface area contributed by atoms with Gasteiger partial charge in [0.1, 0.15) is 0 Å². The summed E-state index contributed by atoms with van der Waals surface area (Å²) in [6.45, 7) is 4.94. The van der Waals surface area contributed by atoms with Crippen molar-refractivity contribution in [3.05, 3.63) is 24.3 Å². The van der Waals surface area contributed by atoms with Crippen molar-refractivity contribution in [1.29, 1.82) is 0 Å². The molecule has 78 heavy (non-hydrogen) atoms. The third-order valence-corrected chi connectivity index (χ3v) is 16.7. The molecule has 0 fully saturated rings. The Morgan fingerprint density at radius 1 is 0.346 bits per heavy atom. The molecule has 0 saturated heterocycles. The van der Waals surface area contributed by atoms with E-state index in [9.17, 15) is 19.8 Å². The van der Waals surface area contributed by atoms with Crippen molar-refractivity contribution in [1.82, 2.24) is 5.32 Å². The number of rotatable bonds is 67. The van der Waals surface area contributed by atoms with E-state index in [1.807, 2.05) is 6.08 Å². The minimum absolute atomic E-state index is 0.0145. The van der Waals surface area contributed by atoms with Crippen LogP contribution < -0.4 is 5.32 Å². The molecular weight excluding hydrogens is 959 g/mol. The fourth-order valence-electron chi connectivity index (χ4n) is 11.3. The molecule has 0 saturated carbocycles. The van der Waals surface area contributed by atoms with E-state index >= 15 is 0 Å². The van der Waals surface area contributed by atoms with Crippen LogP contribution in [0.15, 0.2) is 24.3 Å². The van der Waals surface area contributed by atoms with Crippen LogP contribution in [0, 0.1) is 0 Å². The Hall–Kier alpha value is -1.66. The number of amides is 1. The van der Waals surface area contributed by atoms with Gasteiger partial charge in [-0.2, -0.15) is 0 Å². The Morgan fingerprint density at radius 3 is 0.910 bits per heavy atom. The van der Waals surface area contributed by atoms with E-state index in [0.717, 1.165) is 38.5 Å². The number of allylic oxidation sites excluding steroid dienone is 3. The molecule has 1 amide bonds. The van der Waals surface area contributed by atoms with E-state index in [0.29, 0.717) is 19.4 Å². The van der Waals surface area contributed by atoms with Gasteiger partial charge in [0.2, 0.25) is 5.91 Å². The molecule has 0 rings (SSSR count). The molecule has 2 unspecified atom stereocenters. The highest BCUT2D eigenvalue weighted by Crippen LogP contribution is 2.19. The molecule has 0 radical (unpaired) electrons. The highest BCUT2D eigenvalue weighted by molar-refractivity contribution is 5.76. The first kappa shape index (κ1) is 76.3. The summed E-state index contributed by atoms with van der Waals surface area (Å²) in [4.78, 5) is 24.6. The summed E-state index contributed by atoms with van der Waals surface area (Å²) < 4.78 is 5.48. The van der Waals surface area contributed by atoms with Gasteiger partial charge in [-0.25, -0.2) is 0 Å². The van der Waals surface area contributed by atoms with Crippen LogP contribution in [-0.2, 0) is 14.3 Å². The zero-order valence-electron chi connectivity index (χ0n) is 52.9. The van der Waals surface area contributed by atoms with Gasteiger partial charge in [0.15, 0.2) is 0 Å². The monoisotopic (exact) mass is 1100 g/mol. The number of unbranched alkanes of at least 4 members (excludes halogenated alkanes) is 54. The number of nitrogens with one attached hydrogen (secondary N) is 1. The first-order valence-corrected chi connectivity index (χ1v) is 35.6. The summed E-state index contributed by atoms with van der Waals surface area (Å²) in [6, 6.07) is -0.631. The molecule has 0 aromatic heterocycles. The van der Waals surface area contributed by atoms with Gasteiger partial charge in [0, 0.05) is 12.8 Å². The Balaban J connectivity index is 3.42. The van der Waals surface area contributed by atoms with Gasteiger partial charge in [-0.3, -0.25) is 9.59 Å². The first-order valence-electron chi connectivity index (χ1n) is 35.6. The number of carbonyl (C=O) groups is 2. The third-order valence-electron chi connectivity index (χ3n) is 16.7. The fourth-order valence-corrected chi connectivity index (χ4v) is 11.3. The smallest absolute Gasteiger partial charge is 0.305 e. The van der Waals surface area contributed by atoms with E-state index in [1.54, 1.807) is 6.08 Å². The number of carbonyl (C=O) groups excluding carboxylic acids is 2. The molecule has 0 aromatic carbocycles. The zero-order chi connectivity index (χ0) is 56.4. The molecule has 2 atom stereocenters. The molecule has 0 aliphatic rings. The van der Waals surface area contributed by atoms with E-state index in [1.165, 1.54) is 334 Å². The number of hydrogen-bond acceptors (Lipinski definition) is 5. The van der Waals surface area contributed by atoms with Gasteiger partial charge in [-0.1, -0.05) is 353 Å². The van der Waals surface area contributed by atoms with Crippen molar-refractivity contribution >= 4 is 11.9 Å². The van der Waals surface area contributed by atoms with Gasteiger partial charge in [-0.15, -0.1) is 0 Å². The van der Waals surface area contributed by atoms with Crippen molar-refractivity contribution in [2.24, 2.45) is 0 Å². The number of hydrogen-bond donors (Lipinski definition) is 3. The summed E-state index contributed by atoms with van der Waals surface area (Å²) in [6.07, 6.45) is 85.4. The van der Waals surface area contributed by atoms with Gasteiger partial charge in [-0.05, 0) is 57.8 Å². The van der Waals surface area contributed by atoms with Gasteiger partial charge < -0.3 is 20.3 Å². The Bertz CT molecular complexity index is 1220. The van der Waals surface area contributed by atoms with E-state index in [-0.39, 0.29) is 18.5 Å². The van der Waals surface area contributed by atoms with Crippen molar-refractivity contribution in [3.8, 4) is 0 Å². The lowest BCUT2D eigenvalue weighted by atomic mass is 10.0. The lowest BCUT2D eigenvalue weighted by Crippen LogP contribution is -2.45. The number of aliphatic hydroxyl groups excluding tert-OH is 2. The summed E-state index contributed by atoms with van der Waals surface area (Å²) in [5.74, 6) is -0.0521. The van der Waals surface area contributed by atoms with Crippen molar-refractivity contribution in [3.63, 3.8) is 0 Å². The van der Waals surface area contributed by atoms with Crippen LogP contribution >= 0.6 is 0 Å². The molecule has 0 aliphatic carbocycles. The van der Waals surface area contributed by atoms with E-state index in [2.05, 4.69) is 31.3 Å². The molecule has 0 spiro atoms. The molecule has 462 valence electrons. The molecule has 0 heterocycles. The largest absolute Gasteiger partial charge is 0.466 e. The maximum Gasteiger partial charge on any atom is 0.305 e. The molecule has 6 heteroatoms. The average Bonchev–Trinajstić information content (AvgIpc) is 3.44. The third kappa shape index (κ3) is 63.5. The van der Waals surface area contributed by atoms with Gasteiger partial charge in [0.05, 0.1) is 25.4 Å². The minimum atomic E-state index is -0.848. The molecule has 0 aliphatic heterocycles. The van der Waals surface area contributed by atoms with Crippen LogP contribution in [0.25, 0.3) is 0 Å². The highest BCUT2D eigenvalue weighted by atomic mass is 16.5. The summed E-state index contributed by atoms with van der Waals surface area (Å²) in [5.41, 5.74) is 0. The molecule has 6 nitrogen and oxygen atoms in total.